The molecule has 5 heterocycles. The highest BCUT2D eigenvalue weighted by atomic mass is 16.6. The number of cyclic esters (lactones) is 1. The molecule has 0 aliphatic carbocycles. The number of amides is 2. The standard InChI is InChI=1S/C29H43N3O7/c1-2-28-10-5-8-19-38-27(36)23(28)22-25(34)32(13-6-3-4-7-18-33)24-26(35)31(12-9-11-29(22,24)39-28)15-14-30-16-20-37-21-17-30/h5,9-11,22-24,33H,2-4,6-8,12-21H2,1H3/t22-,23+,24?,28-,29-/m0/s1. The van der Waals surface area contributed by atoms with E-state index in [-0.39, 0.29) is 25.0 Å². The maximum absolute atomic E-state index is 14.3. The summed E-state index contributed by atoms with van der Waals surface area (Å²) >= 11 is 0. The fraction of sp³-hybridized carbons (Fsp3) is 0.759. The largest absolute Gasteiger partial charge is 0.465 e. The summed E-state index contributed by atoms with van der Waals surface area (Å²) in [6.07, 6.45) is 12.0. The van der Waals surface area contributed by atoms with Gasteiger partial charge < -0.3 is 29.1 Å². The van der Waals surface area contributed by atoms with Crippen LogP contribution in [0.25, 0.3) is 0 Å². The Balaban J connectivity index is 1.47. The number of aliphatic hydroxyl groups is 1. The van der Waals surface area contributed by atoms with Gasteiger partial charge in [0.05, 0.1) is 25.7 Å². The zero-order chi connectivity index (χ0) is 27.5. The minimum atomic E-state index is -1.23. The van der Waals surface area contributed by atoms with Crippen LogP contribution in [-0.2, 0) is 28.6 Å². The molecule has 1 spiro atoms. The Bertz CT molecular complexity index is 980. The molecule has 0 aromatic carbocycles. The number of hydrogen-bond donors (Lipinski definition) is 1. The summed E-state index contributed by atoms with van der Waals surface area (Å²) in [5.41, 5.74) is -2.24. The molecule has 0 aromatic heterocycles. The third-order valence-electron chi connectivity index (χ3n) is 9.08. The average molecular weight is 546 g/mol. The number of ether oxygens (including phenoxy) is 3. The van der Waals surface area contributed by atoms with Crippen LogP contribution in [0.5, 0.6) is 0 Å². The molecule has 2 amide bonds. The van der Waals surface area contributed by atoms with E-state index in [1.807, 2.05) is 36.1 Å². The number of esters is 1. The van der Waals surface area contributed by atoms with Crippen molar-refractivity contribution in [2.45, 2.75) is 62.7 Å². The number of rotatable bonds is 10. The summed E-state index contributed by atoms with van der Waals surface area (Å²) in [6, 6.07) is -0.839. The van der Waals surface area contributed by atoms with Crippen molar-refractivity contribution in [3.05, 3.63) is 24.3 Å². The van der Waals surface area contributed by atoms with E-state index in [2.05, 4.69) is 4.90 Å². The van der Waals surface area contributed by atoms with Crippen molar-refractivity contribution < 1.29 is 33.7 Å². The number of carbonyl (C=O) groups excluding carboxylic acids is 3. The molecule has 3 saturated heterocycles. The molecule has 0 radical (unpaired) electrons. The van der Waals surface area contributed by atoms with Gasteiger partial charge in [0.1, 0.15) is 23.2 Å². The van der Waals surface area contributed by atoms with Crippen molar-refractivity contribution in [1.82, 2.24) is 14.7 Å². The minimum absolute atomic E-state index is 0.127. The van der Waals surface area contributed by atoms with Gasteiger partial charge in [0.15, 0.2) is 0 Å². The molecule has 5 aliphatic heterocycles. The van der Waals surface area contributed by atoms with Gasteiger partial charge in [-0.15, -0.1) is 0 Å². The number of aliphatic hydroxyl groups excluding tert-OH is 1. The quantitative estimate of drug-likeness (QED) is 0.247. The van der Waals surface area contributed by atoms with Crippen LogP contribution in [-0.4, -0.2) is 121 Å². The van der Waals surface area contributed by atoms with Gasteiger partial charge in [0, 0.05) is 45.9 Å². The van der Waals surface area contributed by atoms with Gasteiger partial charge in [0.2, 0.25) is 11.8 Å². The molecule has 3 fully saturated rings. The summed E-state index contributed by atoms with van der Waals surface area (Å²) in [5.74, 6) is -2.40. The highest BCUT2D eigenvalue weighted by Gasteiger charge is 2.75. The SMILES string of the molecule is CC[C@]12C=CCCOC(=O)[C@H]1[C@H]1C(=O)N(CCCCCCO)C3C(=O)N(CCN4CCOCC4)CC=C[C@@]31O2. The van der Waals surface area contributed by atoms with Crippen molar-refractivity contribution in [3.8, 4) is 0 Å². The number of hydrogen-bond acceptors (Lipinski definition) is 8. The lowest BCUT2D eigenvalue weighted by Gasteiger charge is -2.39. The molecular weight excluding hydrogens is 502 g/mol. The molecule has 1 unspecified atom stereocenters. The van der Waals surface area contributed by atoms with Crippen LogP contribution >= 0.6 is 0 Å². The van der Waals surface area contributed by atoms with E-state index in [9.17, 15) is 14.4 Å². The first kappa shape index (κ1) is 28.3. The summed E-state index contributed by atoms with van der Waals surface area (Å²) in [4.78, 5) is 47.8. The van der Waals surface area contributed by atoms with Crippen LogP contribution in [0.3, 0.4) is 0 Å². The molecule has 10 nitrogen and oxygen atoms in total. The van der Waals surface area contributed by atoms with E-state index in [1.54, 1.807) is 4.90 Å². The fourth-order valence-corrected chi connectivity index (χ4v) is 7.05. The first-order chi connectivity index (χ1) is 19.0. The normalized spacial score (nSPS) is 34.8. The second-order valence-corrected chi connectivity index (χ2v) is 11.3. The van der Waals surface area contributed by atoms with Crippen LogP contribution in [0, 0.1) is 11.8 Å². The summed E-state index contributed by atoms with van der Waals surface area (Å²) in [6.45, 7) is 7.54. The molecule has 5 aliphatic rings. The van der Waals surface area contributed by atoms with Crippen molar-refractivity contribution in [1.29, 1.82) is 0 Å². The zero-order valence-corrected chi connectivity index (χ0v) is 23.1. The smallest absolute Gasteiger partial charge is 0.313 e. The van der Waals surface area contributed by atoms with Crippen molar-refractivity contribution in [2.75, 3.05) is 65.7 Å². The number of carbonyl (C=O) groups is 3. The predicted molar refractivity (Wildman–Crippen MR) is 143 cm³/mol. The molecule has 5 rings (SSSR count). The van der Waals surface area contributed by atoms with Crippen molar-refractivity contribution in [3.63, 3.8) is 0 Å². The maximum atomic E-state index is 14.3. The molecular formula is C29H43N3O7. The lowest BCUT2D eigenvalue weighted by molar-refractivity contribution is -0.161. The number of fused-ring (bicyclic) bond motifs is 2. The molecule has 1 N–H and O–H groups in total. The first-order valence-electron chi connectivity index (χ1n) is 14.7. The highest BCUT2D eigenvalue weighted by molar-refractivity contribution is 5.99. The maximum Gasteiger partial charge on any atom is 0.313 e. The first-order valence-corrected chi connectivity index (χ1v) is 14.7. The van der Waals surface area contributed by atoms with Crippen LogP contribution in [0.1, 0.15) is 45.4 Å². The van der Waals surface area contributed by atoms with Crippen LogP contribution < -0.4 is 0 Å². The molecule has 39 heavy (non-hydrogen) atoms. The summed E-state index contributed by atoms with van der Waals surface area (Å²) < 4.78 is 18.0. The molecule has 10 heteroatoms. The lowest BCUT2D eigenvalue weighted by atomic mass is 9.73. The summed E-state index contributed by atoms with van der Waals surface area (Å²) in [7, 11) is 0. The Kier molecular flexibility index (Phi) is 8.75. The second kappa shape index (κ2) is 12.1. The third kappa shape index (κ3) is 5.16. The predicted octanol–water partition coefficient (Wildman–Crippen LogP) is 1.13. The third-order valence-corrected chi connectivity index (χ3v) is 9.08. The van der Waals surface area contributed by atoms with Crippen LogP contribution in [0.15, 0.2) is 24.3 Å². The molecule has 216 valence electrons. The Hall–Kier alpha value is -2.27. The number of morpholine rings is 1. The highest BCUT2D eigenvalue weighted by Crippen LogP contribution is 2.58. The lowest BCUT2D eigenvalue weighted by Crippen LogP contribution is -2.57. The van der Waals surface area contributed by atoms with Gasteiger partial charge in [0.25, 0.3) is 0 Å². The topological polar surface area (TPSA) is 109 Å². The minimum Gasteiger partial charge on any atom is -0.465 e. The summed E-state index contributed by atoms with van der Waals surface area (Å²) in [5, 5.41) is 9.15. The van der Waals surface area contributed by atoms with Crippen LogP contribution in [0.4, 0.5) is 0 Å². The van der Waals surface area contributed by atoms with E-state index < -0.39 is 35.0 Å². The van der Waals surface area contributed by atoms with Gasteiger partial charge >= 0.3 is 5.97 Å². The Morgan fingerprint density at radius 1 is 0.923 bits per heavy atom. The molecule has 0 bridgehead atoms. The zero-order valence-electron chi connectivity index (χ0n) is 23.1. The van der Waals surface area contributed by atoms with Gasteiger partial charge in [-0.2, -0.15) is 0 Å². The monoisotopic (exact) mass is 545 g/mol. The number of unbranched alkanes of at least 4 members (excludes halogenated alkanes) is 3. The Labute approximate surface area is 230 Å². The van der Waals surface area contributed by atoms with Crippen molar-refractivity contribution >= 4 is 17.8 Å². The van der Waals surface area contributed by atoms with Gasteiger partial charge in [-0.05, 0) is 25.7 Å². The van der Waals surface area contributed by atoms with E-state index in [0.717, 1.165) is 32.5 Å². The fourth-order valence-electron chi connectivity index (χ4n) is 7.05. The molecule has 0 aromatic rings. The van der Waals surface area contributed by atoms with E-state index in [0.29, 0.717) is 58.5 Å². The van der Waals surface area contributed by atoms with Crippen molar-refractivity contribution in [2.24, 2.45) is 11.8 Å². The molecule has 0 saturated carbocycles. The Morgan fingerprint density at radius 2 is 1.72 bits per heavy atom. The average Bonchev–Trinajstić information content (AvgIpc) is 3.28. The van der Waals surface area contributed by atoms with E-state index in [4.69, 9.17) is 19.3 Å². The number of likely N-dealkylation sites (tertiary alicyclic amines) is 1. The van der Waals surface area contributed by atoms with E-state index in [1.165, 1.54) is 0 Å². The van der Waals surface area contributed by atoms with Gasteiger partial charge in [-0.1, -0.05) is 44.1 Å². The molecule has 5 atom stereocenters. The van der Waals surface area contributed by atoms with Gasteiger partial charge in [-0.25, -0.2) is 0 Å². The number of nitrogens with zero attached hydrogens (tertiary/aromatic N) is 3. The Morgan fingerprint density at radius 3 is 2.49 bits per heavy atom. The van der Waals surface area contributed by atoms with Gasteiger partial charge in [-0.3, -0.25) is 19.3 Å². The van der Waals surface area contributed by atoms with Crippen LogP contribution in [0.2, 0.25) is 0 Å². The second-order valence-electron chi connectivity index (χ2n) is 11.3. The van der Waals surface area contributed by atoms with E-state index >= 15 is 0 Å².